The summed E-state index contributed by atoms with van der Waals surface area (Å²) in [6, 6.07) is 2.12. The zero-order chi connectivity index (χ0) is 10.7. The second-order valence-electron chi connectivity index (χ2n) is 3.51. The number of rotatable bonds is 3. The van der Waals surface area contributed by atoms with Gasteiger partial charge in [-0.05, 0) is 19.9 Å². The monoisotopic (exact) mass is 192 g/mol. The van der Waals surface area contributed by atoms with E-state index in [0.717, 1.165) is 11.3 Å². The molecule has 4 nitrogen and oxygen atoms in total. The van der Waals surface area contributed by atoms with Crippen molar-refractivity contribution in [2.75, 3.05) is 11.9 Å². The molecule has 0 aliphatic carbocycles. The Morgan fingerprint density at radius 2 is 2.21 bits per heavy atom. The van der Waals surface area contributed by atoms with E-state index in [1.54, 1.807) is 18.5 Å². The summed E-state index contributed by atoms with van der Waals surface area (Å²) in [7, 11) is 1.97. The van der Waals surface area contributed by atoms with Crippen LogP contribution in [0.1, 0.15) is 19.4 Å². The van der Waals surface area contributed by atoms with Crippen molar-refractivity contribution in [2.45, 2.75) is 19.9 Å². The number of hydrogen-bond donors (Lipinski definition) is 2. The van der Waals surface area contributed by atoms with Gasteiger partial charge in [-0.2, -0.15) is 0 Å². The summed E-state index contributed by atoms with van der Waals surface area (Å²) in [6.07, 6.45) is 3.38. The van der Waals surface area contributed by atoms with Crippen molar-refractivity contribution < 1.29 is 0 Å². The van der Waals surface area contributed by atoms with Crippen molar-refractivity contribution in [1.82, 2.24) is 4.98 Å². The van der Waals surface area contributed by atoms with Gasteiger partial charge in [-0.3, -0.25) is 10.4 Å². The van der Waals surface area contributed by atoms with Crippen LogP contribution in [0, 0.1) is 5.41 Å². The summed E-state index contributed by atoms with van der Waals surface area (Å²) in [5.41, 5.74) is 7.11. The van der Waals surface area contributed by atoms with Gasteiger partial charge in [-0.25, -0.2) is 0 Å². The molecule has 0 spiro atoms. The van der Waals surface area contributed by atoms with Crippen molar-refractivity contribution in [1.29, 1.82) is 5.41 Å². The number of anilines is 1. The summed E-state index contributed by atoms with van der Waals surface area (Å²) in [5, 5.41) is 7.43. The molecular weight excluding hydrogens is 176 g/mol. The minimum absolute atomic E-state index is 0.0786. The quantitative estimate of drug-likeness (QED) is 0.559. The number of nitrogens with one attached hydrogen (secondary N) is 1. The first-order valence-electron chi connectivity index (χ1n) is 4.55. The number of nitrogens with zero attached hydrogens (tertiary/aromatic N) is 2. The highest BCUT2D eigenvalue weighted by molar-refractivity contribution is 6.00. The lowest BCUT2D eigenvalue weighted by atomic mass is 10.2. The fourth-order valence-corrected chi connectivity index (χ4v) is 1.17. The summed E-state index contributed by atoms with van der Waals surface area (Å²) < 4.78 is 0. The van der Waals surface area contributed by atoms with Crippen LogP contribution in [0.25, 0.3) is 0 Å². The molecule has 1 aromatic heterocycles. The first-order valence-corrected chi connectivity index (χ1v) is 4.55. The SMILES string of the molecule is CC(C)N(C)c1cnccc1C(=N)N. The highest BCUT2D eigenvalue weighted by Gasteiger charge is 2.11. The normalized spacial score (nSPS) is 10.3. The van der Waals surface area contributed by atoms with Crippen LogP contribution in [0.4, 0.5) is 5.69 Å². The molecule has 0 saturated heterocycles. The molecule has 3 N–H and O–H groups in total. The van der Waals surface area contributed by atoms with Crippen LogP contribution in [-0.4, -0.2) is 23.9 Å². The van der Waals surface area contributed by atoms with Crippen LogP contribution in [0.15, 0.2) is 18.5 Å². The second kappa shape index (κ2) is 4.09. The Labute approximate surface area is 84.3 Å². The van der Waals surface area contributed by atoms with Gasteiger partial charge in [0.05, 0.1) is 11.9 Å². The molecule has 1 rings (SSSR count). The van der Waals surface area contributed by atoms with E-state index in [9.17, 15) is 0 Å². The second-order valence-corrected chi connectivity index (χ2v) is 3.51. The molecule has 0 unspecified atom stereocenters. The molecule has 0 bridgehead atoms. The van der Waals surface area contributed by atoms with Crippen molar-refractivity contribution in [3.05, 3.63) is 24.0 Å². The molecule has 76 valence electrons. The van der Waals surface area contributed by atoms with Crippen molar-refractivity contribution >= 4 is 11.5 Å². The molecule has 0 fully saturated rings. The lowest BCUT2D eigenvalue weighted by molar-refractivity contribution is 0.752. The number of aromatic nitrogens is 1. The number of amidine groups is 1. The Morgan fingerprint density at radius 3 is 2.71 bits per heavy atom. The van der Waals surface area contributed by atoms with Crippen molar-refractivity contribution in [3.63, 3.8) is 0 Å². The van der Waals surface area contributed by atoms with Gasteiger partial charge in [0.1, 0.15) is 5.84 Å². The largest absolute Gasteiger partial charge is 0.384 e. The van der Waals surface area contributed by atoms with E-state index in [2.05, 4.69) is 18.8 Å². The standard InChI is InChI=1S/C10H16N4/c1-7(2)14(3)9-6-13-5-4-8(9)10(11)12/h4-7H,1-3H3,(H3,11,12). The molecule has 0 aliphatic heterocycles. The van der Waals surface area contributed by atoms with E-state index in [-0.39, 0.29) is 5.84 Å². The third-order valence-electron chi connectivity index (χ3n) is 2.24. The summed E-state index contributed by atoms with van der Waals surface area (Å²) in [4.78, 5) is 6.08. The fraction of sp³-hybridized carbons (Fsp3) is 0.400. The smallest absolute Gasteiger partial charge is 0.125 e. The Hall–Kier alpha value is -1.58. The molecule has 0 atom stereocenters. The lowest BCUT2D eigenvalue weighted by Crippen LogP contribution is -2.28. The molecule has 4 heteroatoms. The maximum Gasteiger partial charge on any atom is 0.125 e. The fourth-order valence-electron chi connectivity index (χ4n) is 1.17. The van der Waals surface area contributed by atoms with Crippen molar-refractivity contribution in [2.24, 2.45) is 5.73 Å². The molecule has 14 heavy (non-hydrogen) atoms. The summed E-state index contributed by atoms with van der Waals surface area (Å²) >= 11 is 0. The average Bonchev–Trinajstić information content (AvgIpc) is 2.16. The van der Waals surface area contributed by atoms with Gasteiger partial charge in [0.25, 0.3) is 0 Å². The Kier molecular flexibility index (Phi) is 3.06. The topological polar surface area (TPSA) is 66.0 Å². The number of hydrogen-bond acceptors (Lipinski definition) is 3. The molecule has 1 aromatic rings. The minimum Gasteiger partial charge on any atom is -0.384 e. The Bertz CT molecular complexity index is 333. The van der Waals surface area contributed by atoms with Gasteiger partial charge >= 0.3 is 0 Å². The maximum atomic E-state index is 7.43. The van der Waals surface area contributed by atoms with Crippen LogP contribution >= 0.6 is 0 Å². The lowest BCUT2D eigenvalue weighted by Gasteiger charge is -2.25. The van der Waals surface area contributed by atoms with E-state index >= 15 is 0 Å². The Balaban J connectivity index is 3.13. The van der Waals surface area contributed by atoms with Crippen LogP contribution in [0.2, 0.25) is 0 Å². The van der Waals surface area contributed by atoms with Gasteiger partial charge in [-0.15, -0.1) is 0 Å². The molecule has 1 heterocycles. The Morgan fingerprint density at radius 1 is 1.57 bits per heavy atom. The summed E-state index contributed by atoms with van der Waals surface area (Å²) in [5.74, 6) is 0.0786. The molecule has 0 radical (unpaired) electrons. The minimum atomic E-state index is 0.0786. The van der Waals surface area contributed by atoms with E-state index in [1.807, 2.05) is 11.9 Å². The zero-order valence-corrected chi connectivity index (χ0v) is 8.78. The molecule has 0 amide bonds. The number of pyridine rings is 1. The van der Waals surface area contributed by atoms with Gasteiger partial charge in [-0.1, -0.05) is 0 Å². The van der Waals surface area contributed by atoms with Crippen LogP contribution < -0.4 is 10.6 Å². The molecule has 0 aromatic carbocycles. The third-order valence-corrected chi connectivity index (χ3v) is 2.24. The highest BCUT2D eigenvalue weighted by Crippen LogP contribution is 2.18. The first kappa shape index (κ1) is 10.5. The number of nitrogen functional groups attached to an aromatic ring is 1. The van der Waals surface area contributed by atoms with Gasteiger partial charge in [0, 0.05) is 24.8 Å². The van der Waals surface area contributed by atoms with Crippen molar-refractivity contribution in [3.8, 4) is 0 Å². The van der Waals surface area contributed by atoms with E-state index in [1.165, 1.54) is 0 Å². The van der Waals surface area contributed by atoms with E-state index in [4.69, 9.17) is 11.1 Å². The van der Waals surface area contributed by atoms with Gasteiger partial charge in [0.2, 0.25) is 0 Å². The van der Waals surface area contributed by atoms with E-state index in [0.29, 0.717) is 6.04 Å². The number of nitrogens with two attached hydrogens (primary N) is 1. The van der Waals surface area contributed by atoms with Crippen LogP contribution in [0.3, 0.4) is 0 Å². The van der Waals surface area contributed by atoms with Gasteiger partial charge in [0.15, 0.2) is 0 Å². The molecule has 0 saturated carbocycles. The summed E-state index contributed by atoms with van der Waals surface area (Å²) in [6.45, 7) is 4.16. The third kappa shape index (κ3) is 2.02. The van der Waals surface area contributed by atoms with Crippen LogP contribution in [0.5, 0.6) is 0 Å². The predicted molar refractivity (Wildman–Crippen MR) is 58.8 cm³/mol. The molecule has 0 aliphatic rings. The zero-order valence-electron chi connectivity index (χ0n) is 8.78. The van der Waals surface area contributed by atoms with Crippen LogP contribution in [-0.2, 0) is 0 Å². The maximum absolute atomic E-state index is 7.43. The average molecular weight is 192 g/mol. The van der Waals surface area contributed by atoms with E-state index < -0.39 is 0 Å². The highest BCUT2D eigenvalue weighted by atomic mass is 15.1. The molecular formula is C10H16N4. The first-order chi connectivity index (χ1) is 6.54. The predicted octanol–water partition coefficient (Wildman–Crippen LogP) is 1.21. The van der Waals surface area contributed by atoms with Gasteiger partial charge < -0.3 is 10.6 Å².